The second-order valence-electron chi connectivity index (χ2n) is 3.32. The molecule has 0 atom stereocenters. The summed E-state index contributed by atoms with van der Waals surface area (Å²) in [5.41, 5.74) is 6.50. The SMILES string of the molecule is CC(=O)Oc1ccc2cccc(N)c2c1. The van der Waals surface area contributed by atoms with E-state index in [-0.39, 0.29) is 5.97 Å². The van der Waals surface area contributed by atoms with Crippen LogP contribution in [0.2, 0.25) is 0 Å². The molecule has 76 valence electrons. The largest absolute Gasteiger partial charge is 0.427 e. The minimum atomic E-state index is -0.330. The quantitative estimate of drug-likeness (QED) is 0.437. The van der Waals surface area contributed by atoms with Crippen LogP contribution in [0.5, 0.6) is 5.75 Å². The van der Waals surface area contributed by atoms with Crippen LogP contribution in [-0.4, -0.2) is 5.97 Å². The number of benzene rings is 2. The summed E-state index contributed by atoms with van der Waals surface area (Å²) >= 11 is 0. The van der Waals surface area contributed by atoms with E-state index in [0.717, 1.165) is 10.8 Å². The number of rotatable bonds is 1. The number of nitrogen functional groups attached to an aromatic ring is 1. The highest BCUT2D eigenvalue weighted by Gasteiger charge is 2.01. The molecule has 0 bridgehead atoms. The molecule has 0 radical (unpaired) electrons. The summed E-state index contributed by atoms with van der Waals surface area (Å²) in [5, 5.41) is 1.93. The normalized spacial score (nSPS) is 10.2. The van der Waals surface area contributed by atoms with Gasteiger partial charge in [0.1, 0.15) is 5.75 Å². The number of carbonyl (C=O) groups is 1. The minimum Gasteiger partial charge on any atom is -0.427 e. The summed E-state index contributed by atoms with van der Waals surface area (Å²) in [7, 11) is 0. The van der Waals surface area contributed by atoms with Crippen molar-refractivity contribution in [2.45, 2.75) is 6.92 Å². The van der Waals surface area contributed by atoms with E-state index in [4.69, 9.17) is 10.5 Å². The maximum atomic E-state index is 10.8. The summed E-state index contributed by atoms with van der Waals surface area (Å²) < 4.78 is 4.98. The molecule has 0 fully saturated rings. The molecule has 2 N–H and O–H groups in total. The zero-order chi connectivity index (χ0) is 10.8. The lowest BCUT2D eigenvalue weighted by molar-refractivity contribution is -0.131. The van der Waals surface area contributed by atoms with Gasteiger partial charge in [-0.25, -0.2) is 0 Å². The van der Waals surface area contributed by atoms with Crippen LogP contribution < -0.4 is 10.5 Å². The molecule has 2 aromatic rings. The molecule has 0 aliphatic rings. The van der Waals surface area contributed by atoms with E-state index in [2.05, 4.69) is 0 Å². The molecule has 0 saturated carbocycles. The first-order valence-electron chi connectivity index (χ1n) is 4.63. The molecule has 0 aliphatic carbocycles. The third kappa shape index (κ3) is 1.91. The van der Waals surface area contributed by atoms with Crippen LogP contribution in [0.3, 0.4) is 0 Å². The molecule has 2 rings (SSSR count). The number of ether oxygens (including phenoxy) is 1. The van der Waals surface area contributed by atoms with Crippen molar-refractivity contribution >= 4 is 22.4 Å². The highest BCUT2D eigenvalue weighted by Crippen LogP contribution is 2.25. The number of nitrogens with two attached hydrogens (primary N) is 1. The highest BCUT2D eigenvalue weighted by molar-refractivity contribution is 5.94. The van der Waals surface area contributed by atoms with Gasteiger partial charge in [-0.15, -0.1) is 0 Å². The van der Waals surface area contributed by atoms with Gasteiger partial charge < -0.3 is 10.5 Å². The van der Waals surface area contributed by atoms with Crippen molar-refractivity contribution in [2.24, 2.45) is 0 Å². The fourth-order valence-electron chi connectivity index (χ4n) is 1.51. The van der Waals surface area contributed by atoms with Gasteiger partial charge in [0.25, 0.3) is 0 Å². The minimum absolute atomic E-state index is 0.330. The number of esters is 1. The lowest BCUT2D eigenvalue weighted by atomic mass is 10.1. The van der Waals surface area contributed by atoms with E-state index in [1.807, 2.05) is 24.3 Å². The van der Waals surface area contributed by atoms with Crippen LogP contribution >= 0.6 is 0 Å². The molecule has 2 aromatic carbocycles. The maximum Gasteiger partial charge on any atom is 0.308 e. The van der Waals surface area contributed by atoms with Crippen LogP contribution in [-0.2, 0) is 4.79 Å². The molecular formula is C12H11NO2. The van der Waals surface area contributed by atoms with Crippen molar-refractivity contribution < 1.29 is 9.53 Å². The monoisotopic (exact) mass is 201 g/mol. The molecule has 15 heavy (non-hydrogen) atoms. The van der Waals surface area contributed by atoms with Gasteiger partial charge in [-0.1, -0.05) is 18.2 Å². The second-order valence-corrected chi connectivity index (χ2v) is 3.32. The third-order valence-electron chi connectivity index (χ3n) is 2.15. The van der Waals surface area contributed by atoms with Crippen molar-refractivity contribution in [3.63, 3.8) is 0 Å². The van der Waals surface area contributed by atoms with Crippen LogP contribution in [0.4, 0.5) is 5.69 Å². The van der Waals surface area contributed by atoms with Gasteiger partial charge in [0.15, 0.2) is 0 Å². The lowest BCUT2D eigenvalue weighted by Gasteiger charge is -2.05. The molecule has 0 aromatic heterocycles. The van der Waals surface area contributed by atoms with Crippen LogP contribution in [0.15, 0.2) is 36.4 Å². The van der Waals surface area contributed by atoms with E-state index >= 15 is 0 Å². The summed E-state index contributed by atoms with van der Waals surface area (Å²) in [4.78, 5) is 10.8. The van der Waals surface area contributed by atoms with Gasteiger partial charge in [0, 0.05) is 18.0 Å². The summed E-state index contributed by atoms with van der Waals surface area (Å²) in [6, 6.07) is 11.1. The maximum absolute atomic E-state index is 10.8. The van der Waals surface area contributed by atoms with E-state index in [9.17, 15) is 4.79 Å². The van der Waals surface area contributed by atoms with E-state index in [0.29, 0.717) is 11.4 Å². The topological polar surface area (TPSA) is 52.3 Å². The van der Waals surface area contributed by atoms with Gasteiger partial charge in [0.2, 0.25) is 0 Å². The smallest absolute Gasteiger partial charge is 0.308 e. The Hall–Kier alpha value is -2.03. The van der Waals surface area contributed by atoms with Gasteiger partial charge in [-0.3, -0.25) is 4.79 Å². The Labute approximate surface area is 87.5 Å². The number of carbonyl (C=O) groups excluding carboxylic acids is 1. The summed E-state index contributed by atoms with van der Waals surface area (Å²) in [6.45, 7) is 1.37. The van der Waals surface area contributed by atoms with Gasteiger partial charge in [-0.2, -0.15) is 0 Å². The first-order valence-corrected chi connectivity index (χ1v) is 4.63. The number of hydrogen-bond acceptors (Lipinski definition) is 3. The van der Waals surface area contributed by atoms with E-state index < -0.39 is 0 Å². The molecule has 0 spiro atoms. The Morgan fingerprint density at radius 1 is 1.27 bits per heavy atom. The lowest BCUT2D eigenvalue weighted by Crippen LogP contribution is -2.01. The zero-order valence-corrected chi connectivity index (χ0v) is 8.36. The zero-order valence-electron chi connectivity index (χ0n) is 8.36. The van der Waals surface area contributed by atoms with Crippen molar-refractivity contribution in [1.82, 2.24) is 0 Å². The Morgan fingerprint density at radius 2 is 2.07 bits per heavy atom. The molecule has 0 amide bonds. The van der Waals surface area contributed by atoms with Gasteiger partial charge >= 0.3 is 5.97 Å². The van der Waals surface area contributed by atoms with E-state index in [1.54, 1.807) is 12.1 Å². The third-order valence-corrected chi connectivity index (χ3v) is 2.15. The fraction of sp³-hybridized carbons (Fsp3) is 0.0833. The molecule has 0 heterocycles. The Bertz CT molecular complexity index is 520. The van der Waals surface area contributed by atoms with Gasteiger partial charge in [0.05, 0.1) is 0 Å². The number of anilines is 1. The van der Waals surface area contributed by atoms with Crippen molar-refractivity contribution in [3.05, 3.63) is 36.4 Å². The Balaban J connectivity index is 2.54. The number of hydrogen-bond donors (Lipinski definition) is 1. The van der Waals surface area contributed by atoms with Crippen LogP contribution in [0.25, 0.3) is 10.8 Å². The standard InChI is InChI=1S/C12H11NO2/c1-8(14)15-10-6-5-9-3-2-4-12(13)11(9)7-10/h2-7H,13H2,1H3. The van der Waals surface area contributed by atoms with Crippen molar-refractivity contribution in [1.29, 1.82) is 0 Å². The Kier molecular flexibility index (Phi) is 2.29. The summed E-state index contributed by atoms with van der Waals surface area (Å²) in [6.07, 6.45) is 0. The molecule has 0 aliphatic heterocycles. The molecule has 0 saturated heterocycles. The van der Waals surface area contributed by atoms with Crippen molar-refractivity contribution in [2.75, 3.05) is 5.73 Å². The fourth-order valence-corrected chi connectivity index (χ4v) is 1.51. The predicted molar refractivity (Wildman–Crippen MR) is 59.7 cm³/mol. The predicted octanol–water partition coefficient (Wildman–Crippen LogP) is 2.35. The van der Waals surface area contributed by atoms with Crippen LogP contribution in [0.1, 0.15) is 6.92 Å². The number of fused-ring (bicyclic) bond motifs is 1. The molecule has 3 heteroatoms. The molecule has 0 unspecified atom stereocenters. The molecule has 3 nitrogen and oxygen atoms in total. The summed E-state index contributed by atoms with van der Waals surface area (Å²) in [5.74, 6) is 0.191. The Morgan fingerprint density at radius 3 is 2.80 bits per heavy atom. The first kappa shape index (κ1) is 9.52. The average molecular weight is 201 g/mol. The van der Waals surface area contributed by atoms with E-state index in [1.165, 1.54) is 6.92 Å². The highest BCUT2D eigenvalue weighted by atomic mass is 16.5. The van der Waals surface area contributed by atoms with Crippen LogP contribution in [0, 0.1) is 0 Å². The first-order chi connectivity index (χ1) is 7.16. The second kappa shape index (κ2) is 3.61. The van der Waals surface area contributed by atoms with Crippen molar-refractivity contribution in [3.8, 4) is 5.75 Å². The van der Waals surface area contributed by atoms with Gasteiger partial charge in [-0.05, 0) is 23.6 Å². The molecular weight excluding hydrogens is 190 g/mol. The average Bonchev–Trinajstić information content (AvgIpc) is 2.18.